The van der Waals surface area contributed by atoms with Crippen LogP contribution < -0.4 is 5.73 Å². The molecule has 0 heterocycles. The second kappa shape index (κ2) is 4.06. The summed E-state index contributed by atoms with van der Waals surface area (Å²) in [5, 5.41) is 0. The van der Waals surface area contributed by atoms with Crippen LogP contribution in [0.3, 0.4) is 0 Å². The van der Waals surface area contributed by atoms with Gasteiger partial charge in [-0.3, -0.25) is 0 Å². The van der Waals surface area contributed by atoms with Crippen molar-refractivity contribution in [2.24, 2.45) is 11.7 Å². The average Bonchev–Trinajstić information content (AvgIpc) is 2.16. The van der Waals surface area contributed by atoms with Gasteiger partial charge < -0.3 is 10.5 Å². The minimum absolute atomic E-state index is 0.0366. The van der Waals surface area contributed by atoms with Gasteiger partial charge in [0.1, 0.15) is 0 Å². The molecule has 0 aromatic heterocycles. The third kappa shape index (κ3) is 2.03. The normalized spacial score (nSPS) is 34.5. The van der Waals surface area contributed by atoms with E-state index in [0.717, 1.165) is 7.11 Å². The molecule has 0 radical (unpaired) electrons. The summed E-state index contributed by atoms with van der Waals surface area (Å²) in [4.78, 5) is 0. The summed E-state index contributed by atoms with van der Waals surface area (Å²) in [5.41, 5.74) is 3.50. The predicted molar refractivity (Wildman–Crippen MR) is 46.8 cm³/mol. The first-order valence-corrected chi connectivity index (χ1v) is 4.77. The molecule has 0 aliphatic heterocycles. The van der Waals surface area contributed by atoms with Crippen LogP contribution in [0.5, 0.6) is 0 Å². The number of rotatable bonds is 2. The lowest BCUT2D eigenvalue weighted by atomic mass is 9.78. The minimum Gasteiger partial charge on any atom is -0.369 e. The second-order valence-corrected chi connectivity index (χ2v) is 3.88. The number of ether oxygens (including phenoxy) is 1. The van der Waals surface area contributed by atoms with Crippen LogP contribution in [-0.4, -0.2) is 25.4 Å². The number of alkyl halides is 3. The highest BCUT2D eigenvalue weighted by Crippen LogP contribution is 2.45. The zero-order chi connectivity index (χ0) is 10.8. The van der Waals surface area contributed by atoms with E-state index < -0.39 is 11.8 Å². The third-order valence-electron chi connectivity index (χ3n) is 3.15. The summed E-state index contributed by atoms with van der Waals surface area (Å²) in [6.07, 6.45) is -3.18. The fraction of sp³-hybridized carbons (Fsp3) is 1.00. The Morgan fingerprint density at radius 2 is 1.86 bits per heavy atom. The number of halogens is 3. The standard InChI is InChI=1S/C9H16F3NO/c1-14-8(9(10,11)12)4-2-7(6-13)3-5-8/h7H,2-6,13H2,1H3. The van der Waals surface area contributed by atoms with Crippen molar-refractivity contribution in [3.8, 4) is 0 Å². The predicted octanol–water partition coefficient (Wildman–Crippen LogP) is 2.08. The molecule has 2 N–H and O–H groups in total. The van der Waals surface area contributed by atoms with Gasteiger partial charge in [-0.15, -0.1) is 0 Å². The van der Waals surface area contributed by atoms with E-state index in [2.05, 4.69) is 4.74 Å². The second-order valence-electron chi connectivity index (χ2n) is 3.88. The summed E-state index contributed by atoms with van der Waals surface area (Å²) < 4.78 is 42.7. The Morgan fingerprint density at radius 3 is 2.14 bits per heavy atom. The van der Waals surface area contributed by atoms with Crippen LogP contribution in [0.1, 0.15) is 25.7 Å². The van der Waals surface area contributed by atoms with Gasteiger partial charge in [0.2, 0.25) is 0 Å². The number of hydrogen-bond acceptors (Lipinski definition) is 2. The van der Waals surface area contributed by atoms with E-state index in [1.54, 1.807) is 0 Å². The molecule has 1 rings (SSSR count). The highest BCUT2D eigenvalue weighted by atomic mass is 19.4. The van der Waals surface area contributed by atoms with Crippen LogP contribution in [0, 0.1) is 5.92 Å². The molecule has 1 aliphatic rings. The molecule has 1 fully saturated rings. The van der Waals surface area contributed by atoms with Crippen molar-refractivity contribution in [1.82, 2.24) is 0 Å². The van der Waals surface area contributed by atoms with E-state index in [-0.39, 0.29) is 18.8 Å². The van der Waals surface area contributed by atoms with Crippen molar-refractivity contribution in [3.63, 3.8) is 0 Å². The molecule has 14 heavy (non-hydrogen) atoms. The highest BCUT2D eigenvalue weighted by Gasteiger charge is 2.56. The van der Waals surface area contributed by atoms with E-state index in [1.165, 1.54) is 0 Å². The molecule has 5 heteroatoms. The van der Waals surface area contributed by atoms with Gasteiger partial charge in [0.25, 0.3) is 0 Å². The molecule has 0 unspecified atom stereocenters. The zero-order valence-electron chi connectivity index (χ0n) is 8.23. The zero-order valence-corrected chi connectivity index (χ0v) is 8.23. The first-order valence-electron chi connectivity index (χ1n) is 4.77. The van der Waals surface area contributed by atoms with E-state index in [0.29, 0.717) is 19.4 Å². The molecule has 0 bridgehead atoms. The van der Waals surface area contributed by atoms with Crippen molar-refractivity contribution in [3.05, 3.63) is 0 Å². The fourth-order valence-electron chi connectivity index (χ4n) is 1.98. The molecule has 0 aromatic carbocycles. The summed E-state index contributed by atoms with van der Waals surface area (Å²) in [6, 6.07) is 0. The van der Waals surface area contributed by atoms with E-state index in [9.17, 15) is 13.2 Å². The lowest BCUT2D eigenvalue weighted by Crippen LogP contribution is -2.49. The van der Waals surface area contributed by atoms with Gasteiger partial charge in [-0.2, -0.15) is 13.2 Å². The number of methoxy groups -OCH3 is 1. The van der Waals surface area contributed by atoms with Crippen LogP contribution in [0.25, 0.3) is 0 Å². The Morgan fingerprint density at radius 1 is 1.36 bits per heavy atom. The maximum atomic E-state index is 12.7. The molecular formula is C9H16F3NO. The fourth-order valence-corrected chi connectivity index (χ4v) is 1.98. The Kier molecular flexibility index (Phi) is 3.42. The maximum absolute atomic E-state index is 12.7. The Balaban J connectivity index is 2.66. The van der Waals surface area contributed by atoms with Crippen molar-refractivity contribution < 1.29 is 17.9 Å². The molecule has 0 aromatic rings. The van der Waals surface area contributed by atoms with Gasteiger partial charge in [0, 0.05) is 7.11 Å². The molecule has 0 atom stereocenters. The van der Waals surface area contributed by atoms with Gasteiger partial charge >= 0.3 is 6.18 Å². The molecule has 0 saturated heterocycles. The van der Waals surface area contributed by atoms with Crippen molar-refractivity contribution >= 4 is 0 Å². The van der Waals surface area contributed by atoms with E-state index in [4.69, 9.17) is 5.73 Å². The lowest BCUT2D eigenvalue weighted by Gasteiger charge is -2.39. The lowest BCUT2D eigenvalue weighted by molar-refractivity contribution is -0.281. The van der Waals surface area contributed by atoms with Crippen LogP contribution in [0.15, 0.2) is 0 Å². The van der Waals surface area contributed by atoms with Crippen molar-refractivity contribution in [2.75, 3.05) is 13.7 Å². The maximum Gasteiger partial charge on any atom is 0.417 e. The Labute approximate surface area is 81.6 Å². The van der Waals surface area contributed by atoms with E-state index in [1.807, 2.05) is 0 Å². The first-order chi connectivity index (χ1) is 6.45. The first kappa shape index (κ1) is 11.8. The Hall–Kier alpha value is -0.290. The summed E-state index contributed by atoms with van der Waals surface area (Å²) in [6.45, 7) is 0.470. The van der Waals surface area contributed by atoms with Crippen LogP contribution in [0.4, 0.5) is 13.2 Å². The van der Waals surface area contributed by atoms with Gasteiger partial charge in [-0.05, 0) is 38.1 Å². The minimum atomic E-state index is -4.26. The third-order valence-corrected chi connectivity index (χ3v) is 3.15. The van der Waals surface area contributed by atoms with Gasteiger partial charge in [0.15, 0.2) is 5.60 Å². The summed E-state index contributed by atoms with van der Waals surface area (Å²) in [5.74, 6) is 0.223. The summed E-state index contributed by atoms with van der Waals surface area (Å²) >= 11 is 0. The molecule has 2 nitrogen and oxygen atoms in total. The van der Waals surface area contributed by atoms with Gasteiger partial charge in [-0.25, -0.2) is 0 Å². The van der Waals surface area contributed by atoms with Crippen molar-refractivity contribution in [1.29, 1.82) is 0 Å². The largest absolute Gasteiger partial charge is 0.417 e. The molecule has 0 amide bonds. The molecule has 1 aliphatic carbocycles. The summed E-state index contributed by atoms with van der Waals surface area (Å²) in [7, 11) is 1.14. The average molecular weight is 211 g/mol. The number of nitrogens with two attached hydrogens (primary N) is 1. The van der Waals surface area contributed by atoms with Crippen molar-refractivity contribution in [2.45, 2.75) is 37.5 Å². The molecule has 0 spiro atoms. The topological polar surface area (TPSA) is 35.2 Å². The van der Waals surface area contributed by atoms with Crippen LogP contribution in [-0.2, 0) is 4.74 Å². The van der Waals surface area contributed by atoms with Gasteiger partial charge in [-0.1, -0.05) is 0 Å². The van der Waals surface area contributed by atoms with Crippen LogP contribution >= 0.6 is 0 Å². The van der Waals surface area contributed by atoms with E-state index >= 15 is 0 Å². The number of hydrogen-bond donors (Lipinski definition) is 1. The van der Waals surface area contributed by atoms with Gasteiger partial charge in [0.05, 0.1) is 0 Å². The monoisotopic (exact) mass is 211 g/mol. The Bertz CT molecular complexity index is 185. The van der Waals surface area contributed by atoms with Crippen LogP contribution in [0.2, 0.25) is 0 Å². The smallest absolute Gasteiger partial charge is 0.369 e. The highest BCUT2D eigenvalue weighted by molar-refractivity contribution is 4.93. The SMILES string of the molecule is COC1(C(F)(F)F)CCC(CN)CC1. The quantitative estimate of drug-likeness (QED) is 0.759. The molecule has 84 valence electrons. The molecular weight excluding hydrogens is 195 g/mol. The molecule has 1 saturated carbocycles.